The van der Waals surface area contributed by atoms with E-state index in [9.17, 15) is 9.59 Å². The van der Waals surface area contributed by atoms with E-state index in [1.54, 1.807) is 25.1 Å². The SMILES string of the molecule is COc1ccc(C)cc1NC(=O)C(C)Oc1ccc(Cl)cc1C(N)=O. The molecule has 0 fully saturated rings. The fourth-order valence-electron chi connectivity index (χ4n) is 2.20. The van der Waals surface area contributed by atoms with Gasteiger partial charge in [-0.1, -0.05) is 17.7 Å². The molecule has 0 aromatic heterocycles. The predicted octanol–water partition coefficient (Wildman–Crippen LogP) is 3.16. The van der Waals surface area contributed by atoms with E-state index in [0.29, 0.717) is 16.5 Å². The number of rotatable bonds is 6. The lowest BCUT2D eigenvalue weighted by molar-refractivity contribution is -0.122. The molecule has 132 valence electrons. The quantitative estimate of drug-likeness (QED) is 0.825. The highest BCUT2D eigenvalue weighted by Gasteiger charge is 2.19. The maximum atomic E-state index is 12.4. The summed E-state index contributed by atoms with van der Waals surface area (Å²) in [5.74, 6) is -0.356. The number of halogens is 1. The number of hydrogen-bond acceptors (Lipinski definition) is 4. The van der Waals surface area contributed by atoms with Gasteiger partial charge < -0.3 is 20.5 Å². The summed E-state index contributed by atoms with van der Waals surface area (Å²) in [5.41, 5.74) is 6.94. The number of anilines is 1. The van der Waals surface area contributed by atoms with Crippen molar-refractivity contribution in [3.63, 3.8) is 0 Å². The summed E-state index contributed by atoms with van der Waals surface area (Å²) in [4.78, 5) is 23.9. The number of amides is 2. The zero-order valence-corrected chi connectivity index (χ0v) is 14.9. The van der Waals surface area contributed by atoms with Crippen LogP contribution in [0.3, 0.4) is 0 Å². The Morgan fingerprint density at radius 3 is 2.48 bits per heavy atom. The number of hydrogen-bond donors (Lipinski definition) is 2. The zero-order chi connectivity index (χ0) is 18.6. The van der Waals surface area contributed by atoms with E-state index in [1.807, 2.05) is 13.0 Å². The first-order valence-corrected chi connectivity index (χ1v) is 7.91. The van der Waals surface area contributed by atoms with Crippen LogP contribution in [0.25, 0.3) is 0 Å². The molecule has 0 aliphatic heterocycles. The van der Waals surface area contributed by atoms with Crippen LogP contribution in [0.1, 0.15) is 22.8 Å². The van der Waals surface area contributed by atoms with E-state index >= 15 is 0 Å². The standard InChI is InChI=1S/C18H19ClN2O4/c1-10-4-6-16(24-3)14(8-10)21-18(23)11(2)25-15-7-5-12(19)9-13(15)17(20)22/h4-9,11H,1-3H3,(H2,20,22)(H,21,23). The Morgan fingerprint density at radius 2 is 1.84 bits per heavy atom. The van der Waals surface area contributed by atoms with Crippen LogP contribution in [0.15, 0.2) is 36.4 Å². The van der Waals surface area contributed by atoms with Crippen molar-refractivity contribution in [2.75, 3.05) is 12.4 Å². The van der Waals surface area contributed by atoms with Gasteiger partial charge in [0.2, 0.25) is 0 Å². The Bertz CT molecular complexity index is 808. The number of carbonyl (C=O) groups is 2. The van der Waals surface area contributed by atoms with Gasteiger partial charge in [-0.05, 0) is 49.7 Å². The number of nitrogens with two attached hydrogens (primary N) is 1. The molecule has 0 aliphatic carbocycles. The highest BCUT2D eigenvalue weighted by molar-refractivity contribution is 6.31. The van der Waals surface area contributed by atoms with Crippen molar-refractivity contribution < 1.29 is 19.1 Å². The van der Waals surface area contributed by atoms with Gasteiger partial charge >= 0.3 is 0 Å². The summed E-state index contributed by atoms with van der Waals surface area (Å²) in [6, 6.07) is 9.88. The van der Waals surface area contributed by atoms with Gasteiger partial charge in [0.1, 0.15) is 11.5 Å². The second kappa shape index (κ2) is 7.90. The molecule has 6 nitrogen and oxygen atoms in total. The van der Waals surface area contributed by atoms with Crippen LogP contribution < -0.4 is 20.5 Å². The van der Waals surface area contributed by atoms with Gasteiger partial charge in [-0.3, -0.25) is 9.59 Å². The van der Waals surface area contributed by atoms with Crippen molar-refractivity contribution in [2.45, 2.75) is 20.0 Å². The molecule has 0 saturated heterocycles. The van der Waals surface area contributed by atoms with Crippen LogP contribution >= 0.6 is 11.6 Å². The summed E-state index contributed by atoms with van der Waals surface area (Å²) in [6.07, 6.45) is -0.871. The van der Waals surface area contributed by atoms with Crippen molar-refractivity contribution >= 4 is 29.1 Å². The monoisotopic (exact) mass is 362 g/mol. The van der Waals surface area contributed by atoms with Gasteiger partial charge in [0, 0.05) is 5.02 Å². The van der Waals surface area contributed by atoms with Crippen LogP contribution in [0.2, 0.25) is 5.02 Å². The van der Waals surface area contributed by atoms with Gasteiger partial charge in [-0.2, -0.15) is 0 Å². The fourth-order valence-corrected chi connectivity index (χ4v) is 2.37. The average Bonchev–Trinajstić information content (AvgIpc) is 2.56. The second-order valence-electron chi connectivity index (χ2n) is 5.46. The molecule has 25 heavy (non-hydrogen) atoms. The van der Waals surface area contributed by atoms with Crippen LogP contribution in [0.5, 0.6) is 11.5 Å². The van der Waals surface area contributed by atoms with Gasteiger partial charge in [0.15, 0.2) is 6.10 Å². The third-order valence-electron chi connectivity index (χ3n) is 3.49. The van der Waals surface area contributed by atoms with E-state index < -0.39 is 17.9 Å². The number of methoxy groups -OCH3 is 1. The summed E-state index contributed by atoms with van der Waals surface area (Å²) < 4.78 is 10.8. The number of benzene rings is 2. The second-order valence-corrected chi connectivity index (χ2v) is 5.89. The first kappa shape index (κ1) is 18.6. The third-order valence-corrected chi connectivity index (χ3v) is 3.73. The number of aryl methyl sites for hydroxylation is 1. The Labute approximate surface area is 150 Å². The highest BCUT2D eigenvalue weighted by atomic mass is 35.5. The number of nitrogens with one attached hydrogen (secondary N) is 1. The molecule has 7 heteroatoms. The number of ether oxygens (including phenoxy) is 2. The Kier molecular flexibility index (Phi) is 5.88. The van der Waals surface area contributed by atoms with Crippen LogP contribution in [-0.2, 0) is 4.79 Å². The third kappa shape index (κ3) is 4.64. The lowest BCUT2D eigenvalue weighted by Gasteiger charge is -2.18. The largest absolute Gasteiger partial charge is 0.495 e. The highest BCUT2D eigenvalue weighted by Crippen LogP contribution is 2.27. The number of carbonyl (C=O) groups excluding carboxylic acids is 2. The molecule has 0 spiro atoms. The molecule has 2 rings (SSSR count). The fraction of sp³-hybridized carbons (Fsp3) is 0.222. The van der Waals surface area contributed by atoms with Gasteiger partial charge in [-0.15, -0.1) is 0 Å². The maximum Gasteiger partial charge on any atom is 0.265 e. The van der Waals surface area contributed by atoms with Crippen molar-refractivity contribution in [2.24, 2.45) is 5.73 Å². The Morgan fingerprint density at radius 1 is 1.16 bits per heavy atom. The normalized spacial score (nSPS) is 11.5. The van der Waals surface area contributed by atoms with E-state index in [0.717, 1.165) is 5.56 Å². The van der Waals surface area contributed by atoms with Crippen molar-refractivity contribution in [1.29, 1.82) is 0 Å². The van der Waals surface area contributed by atoms with Crippen LogP contribution in [0, 0.1) is 6.92 Å². The molecule has 0 saturated carbocycles. The average molecular weight is 363 g/mol. The minimum atomic E-state index is -0.871. The number of primary amides is 1. The predicted molar refractivity (Wildman–Crippen MR) is 96.4 cm³/mol. The van der Waals surface area contributed by atoms with Crippen molar-refractivity contribution in [3.05, 3.63) is 52.5 Å². The molecule has 0 aliphatic rings. The molecule has 2 amide bonds. The molecule has 0 bridgehead atoms. The lowest BCUT2D eigenvalue weighted by Crippen LogP contribution is -2.31. The van der Waals surface area contributed by atoms with E-state index in [-0.39, 0.29) is 11.3 Å². The summed E-state index contributed by atoms with van der Waals surface area (Å²) >= 11 is 5.86. The summed E-state index contributed by atoms with van der Waals surface area (Å²) in [7, 11) is 1.52. The minimum Gasteiger partial charge on any atom is -0.495 e. The van der Waals surface area contributed by atoms with E-state index in [4.69, 9.17) is 26.8 Å². The molecule has 1 atom stereocenters. The first-order valence-electron chi connectivity index (χ1n) is 7.53. The van der Waals surface area contributed by atoms with E-state index in [2.05, 4.69) is 5.32 Å². The maximum absolute atomic E-state index is 12.4. The van der Waals surface area contributed by atoms with E-state index in [1.165, 1.54) is 19.2 Å². The van der Waals surface area contributed by atoms with Crippen LogP contribution in [0.4, 0.5) is 5.69 Å². The topological polar surface area (TPSA) is 90.7 Å². The van der Waals surface area contributed by atoms with Crippen molar-refractivity contribution in [1.82, 2.24) is 0 Å². The van der Waals surface area contributed by atoms with Gasteiger partial charge in [0.05, 0.1) is 18.4 Å². The molecular weight excluding hydrogens is 344 g/mol. The molecule has 2 aromatic carbocycles. The molecule has 2 aromatic rings. The molecule has 3 N–H and O–H groups in total. The zero-order valence-electron chi connectivity index (χ0n) is 14.1. The lowest BCUT2D eigenvalue weighted by atomic mass is 10.2. The van der Waals surface area contributed by atoms with Gasteiger partial charge in [0.25, 0.3) is 11.8 Å². The Balaban J connectivity index is 2.17. The molecule has 0 heterocycles. The first-order chi connectivity index (χ1) is 11.8. The van der Waals surface area contributed by atoms with Crippen LogP contribution in [-0.4, -0.2) is 25.0 Å². The summed E-state index contributed by atoms with van der Waals surface area (Å²) in [5, 5.41) is 3.10. The molecular formula is C18H19ClN2O4. The van der Waals surface area contributed by atoms with Crippen molar-refractivity contribution in [3.8, 4) is 11.5 Å². The minimum absolute atomic E-state index is 0.111. The smallest absolute Gasteiger partial charge is 0.265 e. The Hall–Kier alpha value is -2.73. The molecule has 0 radical (unpaired) electrons. The summed E-state index contributed by atoms with van der Waals surface area (Å²) in [6.45, 7) is 3.47. The molecule has 1 unspecified atom stereocenters. The van der Waals surface area contributed by atoms with Gasteiger partial charge in [-0.25, -0.2) is 0 Å².